The van der Waals surface area contributed by atoms with E-state index in [2.05, 4.69) is 0 Å². The molecule has 3 aromatic rings. The van der Waals surface area contributed by atoms with Gasteiger partial charge in [0.25, 0.3) is 5.56 Å². The monoisotopic (exact) mass is 450 g/mol. The van der Waals surface area contributed by atoms with Crippen LogP contribution in [0.2, 0.25) is 10.0 Å². The molecular weight excluding hydrogens is 431 g/mol. The number of nitrogens with two attached hydrogens (primary N) is 1. The number of benzene rings is 2. The fourth-order valence-corrected chi connectivity index (χ4v) is 3.39. The summed E-state index contributed by atoms with van der Waals surface area (Å²) in [7, 11) is 1.62. The fourth-order valence-electron chi connectivity index (χ4n) is 2.85. The van der Waals surface area contributed by atoms with Gasteiger partial charge < -0.3 is 15.0 Å². The smallest absolute Gasteiger partial charge is 0.269 e. The largest absolute Gasteiger partial charge is 0.497 e. The lowest BCUT2D eigenvalue weighted by molar-refractivity contribution is 0.414. The lowest BCUT2D eigenvalue weighted by atomic mass is 10.1. The maximum Gasteiger partial charge on any atom is 0.269 e. The number of methoxy groups -OCH3 is 1. The van der Waals surface area contributed by atoms with Gasteiger partial charge in [-0.2, -0.15) is 0 Å². The summed E-state index contributed by atoms with van der Waals surface area (Å²) in [6, 6.07) is 16.7. The van der Waals surface area contributed by atoms with Gasteiger partial charge in [-0.3, -0.25) is 4.79 Å². The van der Waals surface area contributed by atoms with E-state index in [9.17, 15) is 4.79 Å². The van der Waals surface area contributed by atoms with E-state index in [0.29, 0.717) is 29.4 Å². The third-order valence-electron chi connectivity index (χ3n) is 4.37. The van der Waals surface area contributed by atoms with E-state index in [1.54, 1.807) is 11.7 Å². The van der Waals surface area contributed by atoms with Crippen LogP contribution in [-0.4, -0.2) is 11.7 Å². The number of aromatic nitrogens is 1. The van der Waals surface area contributed by atoms with Crippen LogP contribution in [0, 0.1) is 0 Å². The molecule has 3 rings (SSSR count). The summed E-state index contributed by atoms with van der Waals surface area (Å²) in [6.07, 6.45) is 4.35. The Labute approximate surface area is 185 Å². The van der Waals surface area contributed by atoms with Crippen molar-refractivity contribution in [1.82, 2.24) is 4.57 Å². The molecule has 152 valence electrons. The van der Waals surface area contributed by atoms with E-state index in [-0.39, 0.29) is 23.0 Å². The van der Waals surface area contributed by atoms with Crippen molar-refractivity contribution in [3.05, 3.63) is 91.8 Å². The lowest BCUT2D eigenvalue weighted by Gasteiger charge is -2.13. The zero-order chi connectivity index (χ0) is 20.1. The molecule has 0 aliphatic heterocycles. The highest BCUT2D eigenvalue weighted by atomic mass is 35.5. The van der Waals surface area contributed by atoms with Crippen molar-refractivity contribution in [1.29, 1.82) is 0 Å². The van der Waals surface area contributed by atoms with Crippen LogP contribution in [0.5, 0.6) is 5.75 Å². The fraction of sp³-hybridized carbons (Fsp3) is 0.136. The first kappa shape index (κ1) is 22.9. The number of anilines is 1. The first-order valence-corrected chi connectivity index (χ1v) is 9.49. The molecule has 0 saturated carbocycles. The van der Waals surface area contributed by atoms with Crippen LogP contribution in [0.1, 0.15) is 16.8 Å². The zero-order valence-electron chi connectivity index (χ0n) is 15.8. The second-order valence-corrected chi connectivity index (χ2v) is 7.10. The molecule has 0 radical (unpaired) electrons. The maximum atomic E-state index is 12.6. The molecule has 0 saturated heterocycles. The lowest BCUT2D eigenvalue weighted by Crippen LogP contribution is -2.24. The van der Waals surface area contributed by atoms with Gasteiger partial charge in [-0.15, -0.1) is 12.4 Å². The summed E-state index contributed by atoms with van der Waals surface area (Å²) < 4.78 is 6.84. The minimum absolute atomic E-state index is 0. The molecule has 0 unspecified atom stereocenters. The molecule has 1 heterocycles. The molecule has 1 aromatic heterocycles. The number of halogens is 3. The Morgan fingerprint density at radius 2 is 1.76 bits per heavy atom. The molecule has 0 aliphatic carbocycles. The van der Waals surface area contributed by atoms with Gasteiger partial charge in [-0.1, -0.05) is 53.5 Å². The highest BCUT2D eigenvalue weighted by molar-refractivity contribution is 6.35. The van der Waals surface area contributed by atoms with Gasteiger partial charge in [-0.05, 0) is 54.0 Å². The van der Waals surface area contributed by atoms with Gasteiger partial charge in [0.05, 0.1) is 17.8 Å². The molecule has 7 heteroatoms. The Kier molecular flexibility index (Phi) is 8.21. The number of aryl methyl sites for hydroxylation is 1. The summed E-state index contributed by atoms with van der Waals surface area (Å²) in [5.74, 6) is 0.755. The van der Waals surface area contributed by atoms with Gasteiger partial charge in [0.15, 0.2) is 0 Å². The van der Waals surface area contributed by atoms with Crippen LogP contribution in [0.25, 0.3) is 12.2 Å². The van der Waals surface area contributed by atoms with E-state index < -0.39 is 0 Å². The van der Waals surface area contributed by atoms with Crippen LogP contribution in [0.15, 0.2) is 59.4 Å². The number of pyridine rings is 1. The van der Waals surface area contributed by atoms with Crippen molar-refractivity contribution < 1.29 is 4.74 Å². The van der Waals surface area contributed by atoms with E-state index in [4.69, 9.17) is 33.7 Å². The molecule has 4 nitrogen and oxygen atoms in total. The molecule has 0 fully saturated rings. The van der Waals surface area contributed by atoms with Crippen LogP contribution in [0.4, 0.5) is 5.69 Å². The molecule has 2 N–H and O–H groups in total. The number of rotatable bonds is 6. The summed E-state index contributed by atoms with van der Waals surface area (Å²) >= 11 is 12.5. The predicted octanol–water partition coefficient (Wildman–Crippen LogP) is 5.58. The van der Waals surface area contributed by atoms with Crippen LogP contribution < -0.4 is 16.0 Å². The van der Waals surface area contributed by atoms with Crippen LogP contribution >= 0.6 is 35.6 Å². The minimum Gasteiger partial charge on any atom is -0.497 e. The Bertz CT molecular complexity index is 1060. The number of nitrogens with zero attached hydrogens (tertiary/aromatic N) is 1. The molecule has 0 aliphatic rings. The Morgan fingerprint density at radius 1 is 1.03 bits per heavy atom. The van der Waals surface area contributed by atoms with Crippen molar-refractivity contribution in [2.24, 2.45) is 0 Å². The Hall–Kier alpha value is -2.40. The molecular formula is C22H21Cl3N2O2. The van der Waals surface area contributed by atoms with Gasteiger partial charge in [0, 0.05) is 12.2 Å². The third kappa shape index (κ3) is 5.80. The van der Waals surface area contributed by atoms with Gasteiger partial charge >= 0.3 is 0 Å². The topological polar surface area (TPSA) is 57.2 Å². The Balaban J connectivity index is 0.00000300. The van der Waals surface area contributed by atoms with Crippen molar-refractivity contribution in [3.63, 3.8) is 0 Å². The number of hydrogen-bond acceptors (Lipinski definition) is 3. The third-order valence-corrected chi connectivity index (χ3v) is 4.94. The summed E-state index contributed by atoms with van der Waals surface area (Å²) in [5.41, 5.74) is 8.77. The summed E-state index contributed by atoms with van der Waals surface area (Å²) in [6.45, 7) is 0.445. The van der Waals surface area contributed by atoms with E-state index >= 15 is 0 Å². The van der Waals surface area contributed by atoms with E-state index in [1.807, 2.05) is 60.7 Å². The average molecular weight is 452 g/mol. The standard InChI is InChI=1S/C22H20Cl2N2O2.ClH/c1-28-18-4-2-3-16(13-18)7-10-21-19(23)14-20(24)22(27)26(21)12-11-15-5-8-17(25)9-6-15;/h2-10,13-14H,11-12,25H2,1H3;1H. The van der Waals surface area contributed by atoms with Crippen LogP contribution in [0.3, 0.4) is 0 Å². The van der Waals surface area contributed by atoms with Crippen LogP contribution in [-0.2, 0) is 13.0 Å². The van der Waals surface area contributed by atoms with Crippen molar-refractivity contribution in [3.8, 4) is 5.75 Å². The van der Waals surface area contributed by atoms with Crippen molar-refractivity contribution in [2.75, 3.05) is 12.8 Å². The quantitative estimate of drug-likeness (QED) is 0.498. The second-order valence-electron chi connectivity index (χ2n) is 6.28. The molecule has 2 aromatic carbocycles. The molecule has 0 spiro atoms. The van der Waals surface area contributed by atoms with Crippen molar-refractivity contribution in [2.45, 2.75) is 13.0 Å². The van der Waals surface area contributed by atoms with Crippen molar-refractivity contribution >= 4 is 53.4 Å². The molecule has 29 heavy (non-hydrogen) atoms. The first-order valence-electron chi connectivity index (χ1n) is 8.73. The number of nitrogen functional groups attached to an aromatic ring is 1. The summed E-state index contributed by atoms with van der Waals surface area (Å²) in [5, 5.41) is 0.516. The second kappa shape index (κ2) is 10.4. The molecule has 0 bridgehead atoms. The SMILES string of the molecule is COc1cccc(C=Cc2c(Cl)cc(Cl)c(=O)n2CCc2ccc(N)cc2)c1.Cl. The predicted molar refractivity (Wildman–Crippen MR) is 124 cm³/mol. The first-order chi connectivity index (χ1) is 13.5. The summed E-state index contributed by atoms with van der Waals surface area (Å²) in [4.78, 5) is 12.6. The normalized spacial score (nSPS) is 10.7. The number of ether oxygens (including phenoxy) is 1. The highest BCUT2D eigenvalue weighted by Gasteiger charge is 2.11. The Morgan fingerprint density at radius 3 is 2.45 bits per heavy atom. The zero-order valence-corrected chi connectivity index (χ0v) is 18.1. The number of hydrogen-bond donors (Lipinski definition) is 1. The molecule has 0 amide bonds. The minimum atomic E-state index is -0.271. The van der Waals surface area contributed by atoms with Gasteiger partial charge in [0.1, 0.15) is 10.8 Å². The maximum absolute atomic E-state index is 12.6. The van der Waals surface area contributed by atoms with E-state index in [0.717, 1.165) is 16.9 Å². The van der Waals surface area contributed by atoms with Gasteiger partial charge in [-0.25, -0.2) is 0 Å². The average Bonchev–Trinajstić information content (AvgIpc) is 2.70. The molecule has 0 atom stereocenters. The van der Waals surface area contributed by atoms with Gasteiger partial charge in [0.2, 0.25) is 0 Å². The highest BCUT2D eigenvalue weighted by Crippen LogP contribution is 2.22. The van der Waals surface area contributed by atoms with E-state index in [1.165, 1.54) is 6.07 Å².